The molecule has 0 saturated heterocycles. The van der Waals surface area contributed by atoms with Gasteiger partial charge in [-0.15, -0.1) is 22.7 Å². The zero-order chi connectivity index (χ0) is 34.4. The van der Waals surface area contributed by atoms with Crippen LogP contribution < -0.4 is 9.80 Å². The highest BCUT2D eigenvalue weighted by atomic mass is 32.1. The van der Waals surface area contributed by atoms with Crippen LogP contribution in [0.25, 0.3) is 62.3 Å². The van der Waals surface area contributed by atoms with Crippen molar-refractivity contribution in [2.45, 2.75) is 20.8 Å². The van der Waals surface area contributed by atoms with E-state index in [4.69, 9.17) is 4.42 Å². The second-order valence-corrected chi connectivity index (χ2v) is 15.9. The molecule has 7 aromatic carbocycles. The molecule has 0 radical (unpaired) electrons. The third-order valence-electron chi connectivity index (χ3n) is 10.3. The molecule has 246 valence electrons. The minimum Gasteiger partial charge on any atom is -0.456 e. The zero-order valence-corrected chi connectivity index (χ0v) is 30.5. The number of furan rings is 1. The van der Waals surface area contributed by atoms with Crippen molar-refractivity contribution in [2.24, 2.45) is 0 Å². The van der Waals surface area contributed by atoms with E-state index in [9.17, 15) is 0 Å². The zero-order valence-electron chi connectivity index (χ0n) is 28.8. The lowest BCUT2D eigenvalue weighted by Gasteiger charge is -2.27. The van der Waals surface area contributed by atoms with Crippen LogP contribution in [0.5, 0.6) is 0 Å². The van der Waals surface area contributed by atoms with E-state index in [2.05, 4.69) is 159 Å². The van der Waals surface area contributed by atoms with Crippen LogP contribution in [0.4, 0.5) is 28.4 Å². The highest BCUT2D eigenvalue weighted by Gasteiger charge is 2.19. The topological polar surface area (TPSA) is 19.6 Å². The molecule has 5 heteroatoms. The Morgan fingerprint density at radius 3 is 1.63 bits per heavy atom. The summed E-state index contributed by atoms with van der Waals surface area (Å²) in [5.41, 5.74) is 11.5. The molecule has 0 amide bonds. The molecule has 0 aliphatic heterocycles. The van der Waals surface area contributed by atoms with Gasteiger partial charge in [0.25, 0.3) is 0 Å². The van der Waals surface area contributed by atoms with Crippen LogP contribution in [0.3, 0.4) is 0 Å². The van der Waals surface area contributed by atoms with Crippen molar-refractivity contribution in [1.82, 2.24) is 0 Å². The third-order valence-corrected chi connectivity index (χ3v) is 12.5. The SMILES string of the molecule is Cc1ccc(N(c2ccc3c(c2)sc2cc(C)ccc23)c2ccc3c(c2)sc2cc(N(C)c4ccc5oc6ccccc6c5c4)ccc23)c(C)c1. The van der Waals surface area contributed by atoms with Gasteiger partial charge in [-0.1, -0.05) is 66.2 Å². The number of para-hydroxylation sites is 1. The smallest absolute Gasteiger partial charge is 0.135 e. The average Bonchev–Trinajstić information content (AvgIpc) is 3.81. The van der Waals surface area contributed by atoms with E-state index in [1.807, 2.05) is 34.8 Å². The van der Waals surface area contributed by atoms with Gasteiger partial charge in [-0.05, 0) is 105 Å². The van der Waals surface area contributed by atoms with Gasteiger partial charge in [0.05, 0.1) is 0 Å². The Morgan fingerprint density at radius 1 is 0.431 bits per heavy atom. The minimum atomic E-state index is 0.915. The number of benzene rings is 7. The molecule has 3 heterocycles. The molecule has 3 aromatic heterocycles. The van der Waals surface area contributed by atoms with Crippen LogP contribution in [0.2, 0.25) is 0 Å². The number of hydrogen-bond donors (Lipinski definition) is 0. The number of nitrogens with zero attached hydrogens (tertiary/aromatic N) is 2. The maximum atomic E-state index is 6.09. The van der Waals surface area contributed by atoms with Gasteiger partial charge in [0.15, 0.2) is 0 Å². The van der Waals surface area contributed by atoms with Crippen LogP contribution in [0, 0.1) is 20.8 Å². The number of fused-ring (bicyclic) bond motifs is 9. The van der Waals surface area contributed by atoms with Gasteiger partial charge in [0.1, 0.15) is 11.2 Å². The first-order chi connectivity index (χ1) is 24.9. The summed E-state index contributed by atoms with van der Waals surface area (Å²) < 4.78 is 11.3. The van der Waals surface area contributed by atoms with E-state index < -0.39 is 0 Å². The van der Waals surface area contributed by atoms with Crippen molar-refractivity contribution in [3.05, 3.63) is 150 Å². The molecule has 51 heavy (non-hydrogen) atoms. The summed E-state index contributed by atoms with van der Waals surface area (Å²) >= 11 is 3.74. The maximum Gasteiger partial charge on any atom is 0.135 e. The van der Waals surface area contributed by atoms with Crippen LogP contribution in [0.1, 0.15) is 16.7 Å². The van der Waals surface area contributed by atoms with E-state index >= 15 is 0 Å². The fourth-order valence-electron chi connectivity index (χ4n) is 7.67. The third kappa shape index (κ3) is 4.91. The van der Waals surface area contributed by atoms with Crippen molar-refractivity contribution in [2.75, 3.05) is 16.8 Å². The van der Waals surface area contributed by atoms with Gasteiger partial charge in [0.2, 0.25) is 0 Å². The normalized spacial score (nSPS) is 11.9. The average molecular weight is 695 g/mol. The Kier molecular flexibility index (Phi) is 6.79. The van der Waals surface area contributed by atoms with E-state index in [1.165, 1.54) is 68.4 Å². The standard InChI is InChI=1S/C46H34N2OS2/c1-27-10-19-40(29(3)21-27)48(32-12-17-37-35-15-9-28(2)22-43(35)50-45(37)25-32)33-13-18-38-36-16-11-31(24-44(36)51-46(38)26-33)47(4)30-14-20-42-39(23-30)34-7-5-6-8-41(34)49-42/h5-26H,1-4H3. The molecule has 0 aliphatic carbocycles. The fraction of sp³-hybridized carbons (Fsp3) is 0.0870. The molecule has 0 atom stereocenters. The molecule has 0 spiro atoms. The van der Waals surface area contributed by atoms with Crippen molar-refractivity contribution >= 4 is 113 Å². The summed E-state index contributed by atoms with van der Waals surface area (Å²) in [6.07, 6.45) is 0. The second kappa shape index (κ2) is 11.5. The van der Waals surface area contributed by atoms with Crippen molar-refractivity contribution in [1.29, 1.82) is 0 Å². The Hall–Kier alpha value is -5.62. The van der Waals surface area contributed by atoms with E-state index in [0.29, 0.717) is 0 Å². The van der Waals surface area contributed by atoms with Gasteiger partial charge in [0, 0.05) is 86.6 Å². The number of anilines is 5. The first-order valence-electron chi connectivity index (χ1n) is 17.3. The van der Waals surface area contributed by atoms with Gasteiger partial charge in [-0.2, -0.15) is 0 Å². The quantitative estimate of drug-likeness (QED) is 0.179. The van der Waals surface area contributed by atoms with Gasteiger partial charge >= 0.3 is 0 Å². The van der Waals surface area contributed by atoms with Crippen molar-refractivity contribution in [3.63, 3.8) is 0 Å². The number of rotatable bonds is 5. The number of aryl methyl sites for hydroxylation is 3. The summed E-state index contributed by atoms with van der Waals surface area (Å²) in [6.45, 7) is 6.56. The molecule has 0 bridgehead atoms. The van der Waals surface area contributed by atoms with E-state index in [0.717, 1.165) is 39.0 Å². The molecule has 0 saturated carbocycles. The summed E-state index contributed by atoms with van der Waals surface area (Å²) in [6, 6.07) is 49.1. The lowest BCUT2D eigenvalue weighted by molar-refractivity contribution is 0.669. The predicted octanol–water partition coefficient (Wildman–Crippen LogP) is 14.5. The van der Waals surface area contributed by atoms with E-state index in [1.54, 1.807) is 0 Å². The molecule has 0 fully saturated rings. The molecule has 0 N–H and O–H groups in total. The van der Waals surface area contributed by atoms with Crippen LogP contribution in [-0.4, -0.2) is 7.05 Å². The molecule has 0 unspecified atom stereocenters. The van der Waals surface area contributed by atoms with E-state index in [-0.39, 0.29) is 0 Å². The second-order valence-electron chi connectivity index (χ2n) is 13.7. The monoisotopic (exact) mass is 694 g/mol. The predicted molar refractivity (Wildman–Crippen MR) is 223 cm³/mol. The Morgan fingerprint density at radius 2 is 0.941 bits per heavy atom. The summed E-state index contributed by atoms with van der Waals surface area (Å²) in [7, 11) is 2.15. The Balaban J connectivity index is 1.07. The lowest BCUT2D eigenvalue weighted by Crippen LogP contribution is -2.11. The van der Waals surface area contributed by atoms with Crippen LogP contribution >= 0.6 is 22.7 Å². The summed E-state index contributed by atoms with van der Waals surface area (Å²) in [4.78, 5) is 4.70. The fourth-order valence-corrected chi connectivity index (χ4v) is 10.1. The molecule has 10 aromatic rings. The summed E-state index contributed by atoms with van der Waals surface area (Å²) in [5, 5.41) is 7.51. The largest absolute Gasteiger partial charge is 0.456 e. The number of thiophene rings is 2. The Labute approximate surface area is 304 Å². The summed E-state index contributed by atoms with van der Waals surface area (Å²) in [5.74, 6) is 0. The van der Waals surface area contributed by atoms with Gasteiger partial charge in [-0.3, -0.25) is 0 Å². The maximum absolute atomic E-state index is 6.09. The molecule has 3 nitrogen and oxygen atoms in total. The molecule has 0 aliphatic rings. The molecular formula is C46H34N2OS2. The molecule has 10 rings (SSSR count). The van der Waals surface area contributed by atoms with Crippen molar-refractivity contribution < 1.29 is 4.42 Å². The van der Waals surface area contributed by atoms with Crippen molar-refractivity contribution in [3.8, 4) is 0 Å². The highest BCUT2D eigenvalue weighted by Crippen LogP contribution is 2.45. The Bertz CT molecular complexity index is 3000. The van der Waals surface area contributed by atoms with Gasteiger partial charge < -0.3 is 14.2 Å². The lowest BCUT2D eigenvalue weighted by atomic mass is 10.1. The minimum absolute atomic E-state index is 0.915. The first-order valence-corrected chi connectivity index (χ1v) is 18.9. The number of hydrogen-bond acceptors (Lipinski definition) is 5. The first kappa shape index (κ1) is 30.2. The van der Waals surface area contributed by atoms with Crippen LogP contribution in [-0.2, 0) is 0 Å². The van der Waals surface area contributed by atoms with Gasteiger partial charge in [-0.25, -0.2) is 0 Å². The highest BCUT2D eigenvalue weighted by molar-refractivity contribution is 7.26. The molecular weight excluding hydrogens is 661 g/mol. The van der Waals surface area contributed by atoms with Crippen LogP contribution in [0.15, 0.2) is 138 Å².